The van der Waals surface area contributed by atoms with Gasteiger partial charge in [-0.25, -0.2) is 0 Å². The molecule has 1 aromatic rings. The van der Waals surface area contributed by atoms with Crippen LogP contribution in [0.25, 0.3) is 0 Å². The SMILES string of the molecule is COC(=O)CC(c1ccc(O)cc1)C(F)(F)F. The summed E-state index contributed by atoms with van der Waals surface area (Å²) in [5.41, 5.74) is -0.0827. The van der Waals surface area contributed by atoms with Crippen LogP contribution in [0.15, 0.2) is 24.3 Å². The number of aromatic hydroxyl groups is 1. The van der Waals surface area contributed by atoms with Gasteiger partial charge >= 0.3 is 12.1 Å². The summed E-state index contributed by atoms with van der Waals surface area (Å²) in [7, 11) is 1.03. The van der Waals surface area contributed by atoms with Crippen LogP contribution in [0.5, 0.6) is 5.75 Å². The largest absolute Gasteiger partial charge is 0.508 e. The van der Waals surface area contributed by atoms with Gasteiger partial charge in [0.1, 0.15) is 5.75 Å². The average Bonchev–Trinajstić information content (AvgIpc) is 2.25. The van der Waals surface area contributed by atoms with E-state index in [0.717, 1.165) is 31.4 Å². The highest BCUT2D eigenvalue weighted by Gasteiger charge is 2.42. The zero-order chi connectivity index (χ0) is 13.1. The first-order valence-electron chi connectivity index (χ1n) is 4.77. The number of phenols is 1. The van der Waals surface area contributed by atoms with Gasteiger partial charge < -0.3 is 9.84 Å². The van der Waals surface area contributed by atoms with Gasteiger partial charge in [-0.3, -0.25) is 4.79 Å². The summed E-state index contributed by atoms with van der Waals surface area (Å²) in [5.74, 6) is -2.98. The third-order valence-corrected chi connectivity index (χ3v) is 2.29. The number of halogens is 3. The first-order chi connectivity index (χ1) is 7.84. The molecule has 0 fully saturated rings. The van der Waals surface area contributed by atoms with E-state index in [1.165, 1.54) is 0 Å². The fraction of sp³-hybridized carbons (Fsp3) is 0.364. The Morgan fingerprint density at radius 2 is 1.88 bits per heavy atom. The molecule has 94 valence electrons. The third kappa shape index (κ3) is 3.65. The molecular weight excluding hydrogens is 237 g/mol. The number of benzene rings is 1. The Bertz CT molecular complexity index is 384. The second-order valence-corrected chi connectivity index (χ2v) is 3.47. The van der Waals surface area contributed by atoms with E-state index in [2.05, 4.69) is 4.74 Å². The number of alkyl halides is 3. The Balaban J connectivity index is 2.98. The molecule has 6 heteroatoms. The summed E-state index contributed by atoms with van der Waals surface area (Å²) >= 11 is 0. The van der Waals surface area contributed by atoms with Crippen molar-refractivity contribution < 1.29 is 27.8 Å². The lowest BCUT2D eigenvalue weighted by Gasteiger charge is -2.19. The van der Waals surface area contributed by atoms with E-state index >= 15 is 0 Å². The van der Waals surface area contributed by atoms with Crippen molar-refractivity contribution in [2.24, 2.45) is 0 Å². The molecule has 0 heterocycles. The second kappa shape index (κ2) is 5.07. The molecule has 3 nitrogen and oxygen atoms in total. The van der Waals surface area contributed by atoms with Crippen molar-refractivity contribution in [1.82, 2.24) is 0 Å². The van der Waals surface area contributed by atoms with E-state index in [-0.39, 0.29) is 11.3 Å². The van der Waals surface area contributed by atoms with Crippen LogP contribution in [0, 0.1) is 0 Å². The van der Waals surface area contributed by atoms with Gasteiger partial charge in [0.25, 0.3) is 0 Å². The van der Waals surface area contributed by atoms with Crippen molar-refractivity contribution in [2.45, 2.75) is 18.5 Å². The topological polar surface area (TPSA) is 46.5 Å². The molecule has 0 saturated carbocycles. The average molecular weight is 248 g/mol. The highest BCUT2D eigenvalue weighted by Crippen LogP contribution is 2.37. The Kier molecular flexibility index (Phi) is 3.98. The van der Waals surface area contributed by atoms with E-state index in [1.807, 2.05) is 0 Å². The molecule has 0 aliphatic heterocycles. The highest BCUT2D eigenvalue weighted by atomic mass is 19.4. The molecule has 0 radical (unpaired) electrons. The zero-order valence-electron chi connectivity index (χ0n) is 8.99. The van der Waals surface area contributed by atoms with Crippen LogP contribution < -0.4 is 0 Å². The number of hydrogen-bond acceptors (Lipinski definition) is 3. The van der Waals surface area contributed by atoms with Gasteiger partial charge in [-0.05, 0) is 17.7 Å². The van der Waals surface area contributed by atoms with Crippen LogP contribution in [0.1, 0.15) is 17.9 Å². The normalized spacial score (nSPS) is 13.2. The lowest BCUT2D eigenvalue weighted by molar-refractivity contribution is -0.164. The van der Waals surface area contributed by atoms with E-state index in [0.29, 0.717) is 0 Å². The fourth-order valence-corrected chi connectivity index (χ4v) is 1.38. The van der Waals surface area contributed by atoms with E-state index in [4.69, 9.17) is 5.11 Å². The van der Waals surface area contributed by atoms with E-state index in [1.54, 1.807) is 0 Å². The Labute approximate surface area is 95.8 Å². The van der Waals surface area contributed by atoms with E-state index in [9.17, 15) is 18.0 Å². The van der Waals surface area contributed by atoms with Gasteiger partial charge in [0.15, 0.2) is 0 Å². The molecule has 0 bridgehead atoms. The molecule has 17 heavy (non-hydrogen) atoms. The molecule has 1 N–H and O–H groups in total. The first kappa shape index (κ1) is 13.3. The van der Waals surface area contributed by atoms with Crippen LogP contribution >= 0.6 is 0 Å². The summed E-state index contributed by atoms with van der Waals surface area (Å²) < 4.78 is 42.4. The molecule has 1 rings (SSSR count). The molecule has 0 saturated heterocycles. The minimum absolute atomic E-state index is 0.0827. The second-order valence-electron chi connectivity index (χ2n) is 3.47. The molecule has 0 aromatic heterocycles. The highest BCUT2D eigenvalue weighted by molar-refractivity contribution is 5.70. The standard InChI is InChI=1S/C11H11F3O3/c1-17-10(16)6-9(11(12,13)14)7-2-4-8(15)5-3-7/h2-5,9,15H,6H2,1H3. The number of carbonyl (C=O) groups is 1. The molecular formula is C11H11F3O3. The Morgan fingerprint density at radius 1 is 1.35 bits per heavy atom. The lowest BCUT2D eigenvalue weighted by Crippen LogP contribution is -2.24. The van der Waals surface area contributed by atoms with Gasteiger partial charge in [0, 0.05) is 0 Å². The van der Waals surface area contributed by atoms with Crippen LogP contribution in [-0.2, 0) is 9.53 Å². The maximum Gasteiger partial charge on any atom is 0.396 e. The molecule has 1 atom stereocenters. The summed E-state index contributed by atoms with van der Waals surface area (Å²) in [5, 5.41) is 9.00. The number of phenolic OH excluding ortho intramolecular Hbond substituents is 1. The summed E-state index contributed by atoms with van der Waals surface area (Å²) in [6.45, 7) is 0. The predicted molar refractivity (Wildman–Crippen MR) is 53.5 cm³/mol. The van der Waals surface area contributed by atoms with Gasteiger partial charge in [0.2, 0.25) is 0 Å². The van der Waals surface area contributed by atoms with Gasteiger partial charge in [-0.2, -0.15) is 13.2 Å². The van der Waals surface area contributed by atoms with Crippen LogP contribution in [-0.4, -0.2) is 24.4 Å². The lowest BCUT2D eigenvalue weighted by atomic mass is 9.95. The monoisotopic (exact) mass is 248 g/mol. The summed E-state index contributed by atoms with van der Waals surface area (Å²) in [6, 6.07) is 4.56. The minimum atomic E-state index is -4.54. The first-order valence-corrected chi connectivity index (χ1v) is 4.77. The van der Waals surface area contributed by atoms with Crippen molar-refractivity contribution in [3.05, 3.63) is 29.8 Å². The number of rotatable bonds is 3. The third-order valence-electron chi connectivity index (χ3n) is 2.29. The van der Waals surface area contributed by atoms with Gasteiger partial charge in [0.05, 0.1) is 19.4 Å². The number of hydrogen-bond donors (Lipinski definition) is 1. The zero-order valence-corrected chi connectivity index (χ0v) is 8.99. The maximum atomic E-state index is 12.7. The van der Waals surface area contributed by atoms with E-state index < -0.39 is 24.5 Å². The number of methoxy groups -OCH3 is 1. The number of carbonyl (C=O) groups excluding carboxylic acids is 1. The molecule has 0 aliphatic carbocycles. The minimum Gasteiger partial charge on any atom is -0.508 e. The number of ether oxygens (including phenoxy) is 1. The molecule has 0 spiro atoms. The van der Waals surface area contributed by atoms with Crippen LogP contribution in [0.4, 0.5) is 13.2 Å². The van der Waals surface area contributed by atoms with Crippen molar-refractivity contribution >= 4 is 5.97 Å². The Hall–Kier alpha value is -1.72. The molecule has 0 aliphatic rings. The predicted octanol–water partition coefficient (Wildman–Crippen LogP) is 2.60. The van der Waals surface area contributed by atoms with Crippen molar-refractivity contribution in [1.29, 1.82) is 0 Å². The van der Waals surface area contributed by atoms with Crippen LogP contribution in [0.3, 0.4) is 0 Å². The smallest absolute Gasteiger partial charge is 0.396 e. The fourth-order valence-electron chi connectivity index (χ4n) is 1.38. The summed E-state index contributed by atoms with van der Waals surface area (Å²) in [6.07, 6.45) is -5.31. The van der Waals surface area contributed by atoms with Crippen molar-refractivity contribution in [3.63, 3.8) is 0 Å². The molecule has 1 unspecified atom stereocenters. The maximum absolute atomic E-state index is 12.7. The van der Waals surface area contributed by atoms with Gasteiger partial charge in [-0.1, -0.05) is 12.1 Å². The Morgan fingerprint density at radius 3 is 2.29 bits per heavy atom. The molecule has 0 amide bonds. The number of esters is 1. The van der Waals surface area contributed by atoms with Crippen molar-refractivity contribution in [3.8, 4) is 5.75 Å². The van der Waals surface area contributed by atoms with Crippen molar-refractivity contribution in [2.75, 3.05) is 7.11 Å². The molecule has 1 aromatic carbocycles. The summed E-state index contributed by atoms with van der Waals surface area (Å²) in [4.78, 5) is 10.9. The van der Waals surface area contributed by atoms with Gasteiger partial charge in [-0.15, -0.1) is 0 Å². The quantitative estimate of drug-likeness (QED) is 0.836. The van der Waals surface area contributed by atoms with Crippen LogP contribution in [0.2, 0.25) is 0 Å².